The van der Waals surface area contributed by atoms with Gasteiger partial charge in [0.05, 0.1) is 18.6 Å². The maximum atomic E-state index is 12.9. The Morgan fingerprint density at radius 2 is 1.55 bits per heavy atom. The fourth-order valence-corrected chi connectivity index (χ4v) is 3.47. The summed E-state index contributed by atoms with van der Waals surface area (Å²) in [5, 5.41) is 3.07. The van der Waals surface area contributed by atoms with Gasteiger partial charge >= 0.3 is 6.18 Å². The molecule has 0 spiro atoms. The van der Waals surface area contributed by atoms with Crippen LogP contribution in [0.5, 0.6) is 0 Å². The van der Waals surface area contributed by atoms with Crippen molar-refractivity contribution in [3.05, 3.63) is 0 Å². The molecule has 0 heterocycles. The molecule has 0 radical (unpaired) electrons. The zero-order valence-corrected chi connectivity index (χ0v) is 12.1. The largest absolute Gasteiger partial charge is 0.393 e. The Morgan fingerprint density at radius 3 is 2.25 bits per heavy atom. The van der Waals surface area contributed by atoms with Crippen molar-refractivity contribution < 1.29 is 17.9 Å². The topological polar surface area (TPSA) is 21.3 Å². The summed E-state index contributed by atoms with van der Waals surface area (Å²) < 4.78 is 44.5. The molecule has 0 saturated heterocycles. The van der Waals surface area contributed by atoms with Crippen molar-refractivity contribution in [1.29, 1.82) is 0 Å². The second-order valence-corrected chi connectivity index (χ2v) is 6.12. The Balaban J connectivity index is 1.66. The van der Waals surface area contributed by atoms with E-state index in [0.29, 0.717) is 32.1 Å². The average molecular weight is 293 g/mol. The van der Waals surface area contributed by atoms with Gasteiger partial charge in [0.1, 0.15) is 0 Å². The predicted octanol–water partition coefficient (Wildman–Crippen LogP) is 4.05. The third-order valence-electron chi connectivity index (χ3n) is 4.60. The minimum absolute atomic E-state index is 0.269. The van der Waals surface area contributed by atoms with E-state index in [-0.39, 0.29) is 6.42 Å². The highest BCUT2D eigenvalue weighted by atomic mass is 19.4. The first-order valence-electron chi connectivity index (χ1n) is 7.99. The summed E-state index contributed by atoms with van der Waals surface area (Å²) in [6.07, 6.45) is 4.69. The Hall–Kier alpha value is -0.290. The molecule has 2 saturated carbocycles. The Bertz CT molecular complexity index is 277. The summed E-state index contributed by atoms with van der Waals surface area (Å²) in [7, 11) is 0. The van der Waals surface area contributed by atoms with Gasteiger partial charge in [0.15, 0.2) is 0 Å². The molecular formula is C15H26F3NO. The predicted molar refractivity (Wildman–Crippen MR) is 72.6 cm³/mol. The van der Waals surface area contributed by atoms with E-state index in [4.69, 9.17) is 4.74 Å². The first-order chi connectivity index (χ1) is 9.57. The van der Waals surface area contributed by atoms with E-state index >= 15 is 0 Å². The smallest absolute Gasteiger partial charge is 0.377 e. The zero-order chi connectivity index (χ0) is 14.4. The van der Waals surface area contributed by atoms with Gasteiger partial charge in [-0.05, 0) is 25.7 Å². The highest BCUT2D eigenvalue weighted by Crippen LogP contribution is 2.37. The molecule has 0 amide bonds. The number of nitrogens with one attached hydrogen (secondary N) is 1. The van der Waals surface area contributed by atoms with Gasteiger partial charge in [-0.15, -0.1) is 0 Å². The minimum atomic E-state index is -4.07. The third-order valence-corrected chi connectivity index (χ3v) is 4.60. The fourth-order valence-electron chi connectivity index (χ4n) is 3.47. The maximum Gasteiger partial charge on any atom is 0.393 e. The van der Waals surface area contributed by atoms with Gasteiger partial charge in [0, 0.05) is 12.6 Å². The number of hydrogen-bond donors (Lipinski definition) is 1. The van der Waals surface area contributed by atoms with Crippen LogP contribution < -0.4 is 5.32 Å². The normalized spacial score (nSPS) is 29.6. The lowest BCUT2D eigenvalue weighted by Gasteiger charge is -2.33. The van der Waals surface area contributed by atoms with Crippen molar-refractivity contribution in [1.82, 2.24) is 5.32 Å². The Labute approximate surface area is 119 Å². The number of hydrogen-bond acceptors (Lipinski definition) is 2. The monoisotopic (exact) mass is 293 g/mol. The minimum Gasteiger partial charge on any atom is -0.377 e. The second-order valence-electron chi connectivity index (χ2n) is 6.12. The van der Waals surface area contributed by atoms with Crippen LogP contribution in [0.2, 0.25) is 0 Å². The summed E-state index contributed by atoms with van der Waals surface area (Å²) in [6, 6.07) is -0.418. The first-order valence-corrected chi connectivity index (χ1v) is 7.99. The van der Waals surface area contributed by atoms with Gasteiger partial charge in [0.2, 0.25) is 0 Å². The van der Waals surface area contributed by atoms with E-state index in [1.165, 1.54) is 19.3 Å². The highest BCUT2D eigenvalue weighted by molar-refractivity contribution is 4.85. The van der Waals surface area contributed by atoms with Gasteiger partial charge in [-0.3, -0.25) is 0 Å². The van der Waals surface area contributed by atoms with E-state index in [1.807, 2.05) is 0 Å². The van der Waals surface area contributed by atoms with Gasteiger partial charge in [0.25, 0.3) is 0 Å². The first kappa shape index (κ1) is 16.1. The lowest BCUT2D eigenvalue weighted by Crippen LogP contribution is -2.46. The lowest BCUT2D eigenvalue weighted by molar-refractivity contribution is -0.189. The molecule has 2 unspecified atom stereocenters. The van der Waals surface area contributed by atoms with Crippen LogP contribution >= 0.6 is 0 Å². The number of rotatable bonds is 5. The number of halogens is 3. The number of alkyl halides is 3. The number of ether oxygens (including phenoxy) is 1. The summed E-state index contributed by atoms with van der Waals surface area (Å²) >= 11 is 0. The van der Waals surface area contributed by atoms with Crippen LogP contribution in [0, 0.1) is 5.92 Å². The van der Waals surface area contributed by atoms with Crippen molar-refractivity contribution in [3.8, 4) is 0 Å². The van der Waals surface area contributed by atoms with E-state index in [2.05, 4.69) is 5.32 Å². The van der Waals surface area contributed by atoms with Crippen molar-refractivity contribution in [2.45, 2.75) is 76.1 Å². The van der Waals surface area contributed by atoms with Crippen molar-refractivity contribution in [3.63, 3.8) is 0 Å². The SMILES string of the molecule is FC(F)(F)C1CCCCC1NCCOC1CCCCC1. The Kier molecular flexibility index (Phi) is 6.15. The van der Waals surface area contributed by atoms with E-state index in [9.17, 15) is 13.2 Å². The van der Waals surface area contributed by atoms with Crippen LogP contribution in [-0.4, -0.2) is 31.5 Å². The van der Waals surface area contributed by atoms with Crippen LogP contribution in [0.3, 0.4) is 0 Å². The van der Waals surface area contributed by atoms with Crippen molar-refractivity contribution >= 4 is 0 Å². The highest BCUT2D eigenvalue weighted by Gasteiger charge is 2.45. The molecule has 2 aliphatic carbocycles. The van der Waals surface area contributed by atoms with Crippen LogP contribution in [0.1, 0.15) is 57.8 Å². The molecule has 2 atom stereocenters. The van der Waals surface area contributed by atoms with Gasteiger partial charge in [-0.1, -0.05) is 32.1 Å². The van der Waals surface area contributed by atoms with Gasteiger partial charge in [-0.2, -0.15) is 13.2 Å². The van der Waals surface area contributed by atoms with E-state index in [1.54, 1.807) is 0 Å². The molecule has 0 bridgehead atoms. The lowest BCUT2D eigenvalue weighted by atomic mass is 9.84. The molecular weight excluding hydrogens is 267 g/mol. The molecule has 0 aliphatic heterocycles. The standard InChI is InChI=1S/C15H26F3NO/c16-15(17,18)13-8-4-5-9-14(13)19-10-11-20-12-6-2-1-3-7-12/h12-14,19H,1-11H2. The molecule has 118 valence electrons. The second kappa shape index (κ2) is 7.64. The molecule has 2 fully saturated rings. The maximum absolute atomic E-state index is 12.9. The van der Waals surface area contributed by atoms with Gasteiger partial charge < -0.3 is 10.1 Å². The third kappa shape index (κ3) is 4.92. The summed E-state index contributed by atoms with van der Waals surface area (Å²) in [5.41, 5.74) is 0. The van der Waals surface area contributed by atoms with E-state index in [0.717, 1.165) is 19.3 Å². The summed E-state index contributed by atoms with van der Waals surface area (Å²) in [5.74, 6) is -1.18. The molecule has 20 heavy (non-hydrogen) atoms. The van der Waals surface area contributed by atoms with E-state index < -0.39 is 18.1 Å². The molecule has 0 aromatic rings. The molecule has 5 heteroatoms. The molecule has 0 aromatic heterocycles. The summed E-state index contributed by atoms with van der Waals surface area (Å²) in [6.45, 7) is 1.07. The van der Waals surface area contributed by atoms with Crippen molar-refractivity contribution in [2.75, 3.05) is 13.2 Å². The van der Waals surface area contributed by atoms with Crippen LogP contribution in [-0.2, 0) is 4.74 Å². The summed E-state index contributed by atoms with van der Waals surface area (Å²) in [4.78, 5) is 0. The van der Waals surface area contributed by atoms with Crippen molar-refractivity contribution in [2.24, 2.45) is 5.92 Å². The average Bonchev–Trinajstić information content (AvgIpc) is 2.44. The fraction of sp³-hybridized carbons (Fsp3) is 1.00. The van der Waals surface area contributed by atoms with Gasteiger partial charge in [-0.25, -0.2) is 0 Å². The molecule has 2 rings (SSSR count). The molecule has 2 aliphatic rings. The molecule has 1 N–H and O–H groups in total. The van der Waals surface area contributed by atoms with Crippen LogP contribution in [0.25, 0.3) is 0 Å². The zero-order valence-electron chi connectivity index (χ0n) is 12.1. The molecule has 0 aromatic carbocycles. The quantitative estimate of drug-likeness (QED) is 0.772. The molecule has 2 nitrogen and oxygen atoms in total. The Morgan fingerprint density at radius 1 is 0.900 bits per heavy atom. The van der Waals surface area contributed by atoms with Crippen LogP contribution in [0.4, 0.5) is 13.2 Å². The van der Waals surface area contributed by atoms with Crippen LogP contribution in [0.15, 0.2) is 0 Å².